The van der Waals surface area contributed by atoms with Crippen molar-refractivity contribution >= 4 is 5.91 Å². The molecule has 1 unspecified atom stereocenters. The van der Waals surface area contributed by atoms with Gasteiger partial charge in [-0.2, -0.15) is 0 Å². The SMILES string of the molecule is CCCCCCCC(O)CCC(=O)NCCCN(CCCC)CCCC. The van der Waals surface area contributed by atoms with Gasteiger partial charge in [0, 0.05) is 13.0 Å². The standard InChI is InChI=1S/C22H46N2O2/c1-4-7-10-11-12-14-21(25)15-16-22(26)23-17-13-20-24(18-8-5-2)19-9-6-3/h21,25H,4-20H2,1-3H3,(H,23,26). The normalized spacial score (nSPS) is 12.5. The van der Waals surface area contributed by atoms with Crippen molar-refractivity contribution in [1.29, 1.82) is 0 Å². The molecule has 0 bridgehead atoms. The van der Waals surface area contributed by atoms with E-state index in [0.717, 1.165) is 32.4 Å². The first-order valence-electron chi connectivity index (χ1n) is 11.3. The Morgan fingerprint density at radius 3 is 2.00 bits per heavy atom. The zero-order valence-electron chi connectivity index (χ0n) is 17.9. The van der Waals surface area contributed by atoms with Gasteiger partial charge in [0.05, 0.1) is 6.10 Å². The molecule has 2 N–H and O–H groups in total. The van der Waals surface area contributed by atoms with Gasteiger partial charge in [-0.3, -0.25) is 4.79 Å². The van der Waals surface area contributed by atoms with Crippen LogP contribution in [0.3, 0.4) is 0 Å². The van der Waals surface area contributed by atoms with Crippen LogP contribution in [0.4, 0.5) is 0 Å². The molecule has 0 spiro atoms. The third-order valence-corrected chi connectivity index (χ3v) is 4.97. The molecule has 1 atom stereocenters. The fraction of sp³-hybridized carbons (Fsp3) is 0.955. The van der Waals surface area contributed by atoms with E-state index in [1.807, 2.05) is 0 Å². The van der Waals surface area contributed by atoms with E-state index in [1.165, 1.54) is 64.5 Å². The average molecular weight is 371 g/mol. The topological polar surface area (TPSA) is 52.6 Å². The van der Waals surface area contributed by atoms with Crippen LogP contribution in [-0.4, -0.2) is 48.2 Å². The first-order chi connectivity index (χ1) is 12.6. The summed E-state index contributed by atoms with van der Waals surface area (Å²) >= 11 is 0. The van der Waals surface area contributed by atoms with Crippen molar-refractivity contribution in [3.8, 4) is 0 Å². The number of aliphatic hydroxyl groups is 1. The van der Waals surface area contributed by atoms with Gasteiger partial charge in [-0.05, 0) is 51.7 Å². The van der Waals surface area contributed by atoms with Crippen molar-refractivity contribution in [1.82, 2.24) is 10.2 Å². The molecule has 156 valence electrons. The summed E-state index contributed by atoms with van der Waals surface area (Å²) in [7, 11) is 0. The highest BCUT2D eigenvalue weighted by Gasteiger charge is 2.08. The lowest BCUT2D eigenvalue weighted by Gasteiger charge is -2.22. The summed E-state index contributed by atoms with van der Waals surface area (Å²) < 4.78 is 0. The van der Waals surface area contributed by atoms with Crippen molar-refractivity contribution in [2.45, 2.75) is 110 Å². The smallest absolute Gasteiger partial charge is 0.220 e. The Balaban J connectivity index is 3.67. The predicted octanol–water partition coefficient (Wildman–Crippen LogP) is 4.90. The van der Waals surface area contributed by atoms with Crippen molar-refractivity contribution in [3.05, 3.63) is 0 Å². The van der Waals surface area contributed by atoms with Crippen LogP contribution in [0.2, 0.25) is 0 Å². The minimum atomic E-state index is -0.319. The first-order valence-corrected chi connectivity index (χ1v) is 11.3. The number of unbranched alkanes of at least 4 members (excludes halogenated alkanes) is 6. The number of carbonyl (C=O) groups is 1. The maximum Gasteiger partial charge on any atom is 0.220 e. The van der Waals surface area contributed by atoms with Crippen LogP contribution in [0.1, 0.15) is 104 Å². The van der Waals surface area contributed by atoms with Crippen LogP contribution in [-0.2, 0) is 4.79 Å². The van der Waals surface area contributed by atoms with Crippen LogP contribution in [0.5, 0.6) is 0 Å². The molecule has 0 aromatic heterocycles. The van der Waals surface area contributed by atoms with E-state index in [4.69, 9.17) is 0 Å². The summed E-state index contributed by atoms with van der Waals surface area (Å²) in [6.07, 6.45) is 13.6. The zero-order valence-corrected chi connectivity index (χ0v) is 17.9. The molecule has 4 heteroatoms. The van der Waals surface area contributed by atoms with E-state index in [0.29, 0.717) is 12.8 Å². The van der Waals surface area contributed by atoms with Gasteiger partial charge >= 0.3 is 0 Å². The number of hydrogen-bond donors (Lipinski definition) is 2. The Hall–Kier alpha value is -0.610. The molecule has 0 radical (unpaired) electrons. The van der Waals surface area contributed by atoms with Gasteiger partial charge in [0.15, 0.2) is 0 Å². The van der Waals surface area contributed by atoms with E-state index >= 15 is 0 Å². The van der Waals surface area contributed by atoms with E-state index in [-0.39, 0.29) is 12.0 Å². The van der Waals surface area contributed by atoms with Gasteiger partial charge < -0.3 is 15.3 Å². The average Bonchev–Trinajstić information content (AvgIpc) is 2.64. The monoisotopic (exact) mass is 370 g/mol. The molecule has 0 aliphatic rings. The second kappa shape index (κ2) is 19.2. The summed E-state index contributed by atoms with van der Waals surface area (Å²) in [5.74, 6) is 0.0868. The summed E-state index contributed by atoms with van der Waals surface area (Å²) in [5.41, 5.74) is 0. The van der Waals surface area contributed by atoms with Gasteiger partial charge in [-0.1, -0.05) is 65.7 Å². The molecule has 26 heavy (non-hydrogen) atoms. The summed E-state index contributed by atoms with van der Waals surface area (Å²) in [6.45, 7) is 10.8. The Bertz CT molecular complexity index is 303. The van der Waals surface area contributed by atoms with Crippen molar-refractivity contribution in [2.75, 3.05) is 26.2 Å². The highest BCUT2D eigenvalue weighted by atomic mass is 16.3. The predicted molar refractivity (Wildman–Crippen MR) is 112 cm³/mol. The molecule has 0 aliphatic heterocycles. The van der Waals surface area contributed by atoms with Gasteiger partial charge in [-0.25, -0.2) is 0 Å². The molecule has 0 rings (SSSR count). The number of nitrogens with zero attached hydrogens (tertiary/aromatic N) is 1. The maximum atomic E-state index is 11.9. The van der Waals surface area contributed by atoms with Gasteiger partial charge in [0.2, 0.25) is 5.91 Å². The molecule has 0 saturated carbocycles. The van der Waals surface area contributed by atoms with Crippen LogP contribution in [0.25, 0.3) is 0 Å². The summed E-state index contributed by atoms with van der Waals surface area (Å²) in [6, 6.07) is 0. The zero-order chi connectivity index (χ0) is 19.5. The molecule has 4 nitrogen and oxygen atoms in total. The van der Waals surface area contributed by atoms with Crippen molar-refractivity contribution in [2.24, 2.45) is 0 Å². The van der Waals surface area contributed by atoms with E-state index in [2.05, 4.69) is 31.0 Å². The molecule has 0 aromatic carbocycles. The third kappa shape index (κ3) is 16.8. The number of carbonyl (C=O) groups excluding carboxylic acids is 1. The highest BCUT2D eigenvalue weighted by molar-refractivity contribution is 5.75. The Morgan fingerprint density at radius 1 is 0.808 bits per heavy atom. The lowest BCUT2D eigenvalue weighted by Crippen LogP contribution is -2.31. The number of hydrogen-bond acceptors (Lipinski definition) is 3. The van der Waals surface area contributed by atoms with Crippen molar-refractivity contribution in [3.63, 3.8) is 0 Å². The number of nitrogens with one attached hydrogen (secondary N) is 1. The molecule has 0 heterocycles. The van der Waals surface area contributed by atoms with Crippen LogP contribution >= 0.6 is 0 Å². The molecule has 0 aromatic rings. The quantitative estimate of drug-likeness (QED) is 0.318. The van der Waals surface area contributed by atoms with E-state index < -0.39 is 0 Å². The minimum Gasteiger partial charge on any atom is -0.393 e. The minimum absolute atomic E-state index is 0.0868. The lowest BCUT2D eigenvalue weighted by atomic mass is 10.0. The number of aliphatic hydroxyl groups excluding tert-OH is 1. The fourth-order valence-electron chi connectivity index (χ4n) is 3.14. The second-order valence-corrected chi connectivity index (χ2v) is 7.65. The molecule has 0 aliphatic carbocycles. The highest BCUT2D eigenvalue weighted by Crippen LogP contribution is 2.10. The van der Waals surface area contributed by atoms with E-state index in [9.17, 15) is 9.90 Å². The van der Waals surface area contributed by atoms with Crippen molar-refractivity contribution < 1.29 is 9.90 Å². The second-order valence-electron chi connectivity index (χ2n) is 7.65. The van der Waals surface area contributed by atoms with Crippen LogP contribution in [0, 0.1) is 0 Å². The lowest BCUT2D eigenvalue weighted by molar-refractivity contribution is -0.121. The number of amides is 1. The first kappa shape index (κ1) is 25.4. The van der Waals surface area contributed by atoms with Gasteiger partial charge in [0.1, 0.15) is 0 Å². The van der Waals surface area contributed by atoms with E-state index in [1.54, 1.807) is 0 Å². The molecular formula is C22H46N2O2. The molecular weight excluding hydrogens is 324 g/mol. The fourth-order valence-corrected chi connectivity index (χ4v) is 3.14. The third-order valence-electron chi connectivity index (χ3n) is 4.97. The van der Waals surface area contributed by atoms with Crippen LogP contribution < -0.4 is 5.32 Å². The molecule has 1 amide bonds. The maximum absolute atomic E-state index is 11.9. The van der Waals surface area contributed by atoms with Gasteiger partial charge in [0.25, 0.3) is 0 Å². The van der Waals surface area contributed by atoms with Crippen LogP contribution in [0.15, 0.2) is 0 Å². The Kier molecular flexibility index (Phi) is 18.7. The molecule has 0 fully saturated rings. The summed E-state index contributed by atoms with van der Waals surface area (Å²) in [4.78, 5) is 14.4. The Morgan fingerprint density at radius 2 is 1.38 bits per heavy atom. The summed E-state index contributed by atoms with van der Waals surface area (Å²) in [5, 5.41) is 13.0. The largest absolute Gasteiger partial charge is 0.393 e. The van der Waals surface area contributed by atoms with Gasteiger partial charge in [-0.15, -0.1) is 0 Å². The Labute approximate surface area is 163 Å². The number of rotatable bonds is 19. The molecule has 0 saturated heterocycles.